The van der Waals surface area contributed by atoms with Crippen LogP contribution < -0.4 is 4.74 Å². The number of hydrogen-bond acceptors (Lipinski definition) is 6. The zero-order valence-corrected chi connectivity index (χ0v) is 10.8. The molecule has 0 atom stereocenters. The molecule has 0 bridgehead atoms. The molecule has 0 amide bonds. The molecule has 0 aliphatic carbocycles. The van der Waals surface area contributed by atoms with Crippen LogP contribution >= 0.6 is 0 Å². The number of phenolic OH excluding ortho intramolecular Hbond substituents is 1. The van der Waals surface area contributed by atoms with E-state index in [2.05, 4.69) is 0 Å². The highest BCUT2D eigenvalue weighted by Crippen LogP contribution is 2.38. The fourth-order valence-electron chi connectivity index (χ4n) is 1.71. The van der Waals surface area contributed by atoms with E-state index in [1.54, 1.807) is 0 Å². The summed E-state index contributed by atoms with van der Waals surface area (Å²) in [5.41, 5.74) is -1.01. The second kappa shape index (κ2) is 5.52. The van der Waals surface area contributed by atoms with Gasteiger partial charge in [-0.25, -0.2) is 9.59 Å². The molecule has 5 N–H and O–H groups in total. The highest BCUT2D eigenvalue weighted by Gasteiger charge is 2.18. The van der Waals surface area contributed by atoms with Crippen molar-refractivity contribution in [3.8, 4) is 28.7 Å². The molecule has 0 unspecified atom stereocenters. The zero-order valence-electron chi connectivity index (χ0n) is 10.8. The van der Waals surface area contributed by atoms with Gasteiger partial charge in [-0.15, -0.1) is 0 Å². The van der Waals surface area contributed by atoms with Crippen molar-refractivity contribution in [1.29, 1.82) is 0 Å². The molecule has 0 heterocycles. The van der Waals surface area contributed by atoms with Crippen molar-refractivity contribution in [3.05, 3.63) is 41.5 Å². The van der Waals surface area contributed by atoms with Gasteiger partial charge in [0.2, 0.25) is 0 Å². The minimum absolute atomic E-state index is 0.0764. The van der Waals surface area contributed by atoms with E-state index in [9.17, 15) is 24.9 Å². The zero-order chi connectivity index (χ0) is 16.4. The molecule has 0 spiro atoms. The quantitative estimate of drug-likeness (QED) is 0.539. The Bertz CT molecular complexity index is 766. The standard InChI is InChI=1S/C14H10O8/c15-6-3-9(14(20)21)12(17)11(4-6)22-7-1-2-10(16)8(5-7)13(18)19/h1-5,15-17H,(H,18,19)(H,20,21). The molecule has 0 saturated carbocycles. The maximum absolute atomic E-state index is 10.9. The lowest BCUT2D eigenvalue weighted by Crippen LogP contribution is -1.99. The molecule has 22 heavy (non-hydrogen) atoms. The van der Waals surface area contributed by atoms with Crippen LogP contribution in [-0.4, -0.2) is 37.5 Å². The first-order valence-corrected chi connectivity index (χ1v) is 5.83. The van der Waals surface area contributed by atoms with E-state index >= 15 is 0 Å². The van der Waals surface area contributed by atoms with E-state index in [4.69, 9.17) is 14.9 Å². The third-order valence-corrected chi connectivity index (χ3v) is 2.72. The Kier molecular flexibility index (Phi) is 3.76. The van der Waals surface area contributed by atoms with E-state index in [1.165, 1.54) is 6.07 Å². The fourth-order valence-corrected chi connectivity index (χ4v) is 1.71. The van der Waals surface area contributed by atoms with Crippen LogP contribution in [0.3, 0.4) is 0 Å². The second-order valence-corrected chi connectivity index (χ2v) is 4.23. The van der Waals surface area contributed by atoms with E-state index in [-0.39, 0.29) is 11.5 Å². The summed E-state index contributed by atoms with van der Waals surface area (Å²) in [6.07, 6.45) is 0. The van der Waals surface area contributed by atoms with Gasteiger partial charge >= 0.3 is 11.9 Å². The van der Waals surface area contributed by atoms with Crippen molar-refractivity contribution < 1.29 is 39.9 Å². The Morgan fingerprint density at radius 3 is 2.09 bits per heavy atom. The lowest BCUT2D eigenvalue weighted by Gasteiger charge is -2.11. The van der Waals surface area contributed by atoms with Crippen LogP contribution in [0, 0.1) is 0 Å². The Labute approximate surface area is 123 Å². The predicted molar refractivity (Wildman–Crippen MR) is 71.9 cm³/mol. The van der Waals surface area contributed by atoms with Gasteiger partial charge in [-0.05, 0) is 24.3 Å². The van der Waals surface area contributed by atoms with Crippen molar-refractivity contribution in [1.82, 2.24) is 0 Å². The van der Waals surface area contributed by atoms with Gasteiger partial charge in [0.25, 0.3) is 0 Å². The number of aromatic carboxylic acids is 2. The van der Waals surface area contributed by atoms with Crippen LogP contribution in [0.1, 0.15) is 20.7 Å². The number of hydrogen-bond donors (Lipinski definition) is 5. The lowest BCUT2D eigenvalue weighted by molar-refractivity contribution is 0.0682. The highest BCUT2D eigenvalue weighted by molar-refractivity contribution is 5.93. The molecule has 2 rings (SSSR count). The van der Waals surface area contributed by atoms with Gasteiger partial charge in [-0.1, -0.05) is 0 Å². The summed E-state index contributed by atoms with van der Waals surface area (Å²) in [5, 5.41) is 46.4. The minimum Gasteiger partial charge on any atom is -0.508 e. The van der Waals surface area contributed by atoms with E-state index < -0.39 is 40.3 Å². The largest absolute Gasteiger partial charge is 0.508 e. The van der Waals surface area contributed by atoms with Gasteiger partial charge in [-0.3, -0.25) is 0 Å². The third kappa shape index (κ3) is 2.85. The second-order valence-electron chi connectivity index (χ2n) is 4.23. The first-order valence-electron chi connectivity index (χ1n) is 5.83. The van der Waals surface area contributed by atoms with Crippen LogP contribution in [0.25, 0.3) is 0 Å². The SMILES string of the molecule is O=C(O)c1cc(Oc2cc(O)cc(C(=O)O)c2O)ccc1O. The van der Waals surface area contributed by atoms with Crippen LogP contribution in [-0.2, 0) is 0 Å². The van der Waals surface area contributed by atoms with E-state index in [0.29, 0.717) is 0 Å². The molecular weight excluding hydrogens is 296 g/mol. The number of ether oxygens (including phenoxy) is 1. The maximum Gasteiger partial charge on any atom is 0.339 e. The molecule has 0 radical (unpaired) electrons. The first kappa shape index (κ1) is 15.0. The van der Waals surface area contributed by atoms with E-state index in [1.807, 2.05) is 0 Å². The first-order chi connectivity index (χ1) is 10.3. The van der Waals surface area contributed by atoms with Gasteiger partial charge in [0.15, 0.2) is 11.5 Å². The van der Waals surface area contributed by atoms with Crippen molar-refractivity contribution in [2.45, 2.75) is 0 Å². The molecule has 114 valence electrons. The molecule has 0 fully saturated rings. The van der Waals surface area contributed by atoms with Crippen molar-refractivity contribution in [2.75, 3.05) is 0 Å². The molecular formula is C14H10O8. The van der Waals surface area contributed by atoms with Crippen LogP contribution in [0.15, 0.2) is 30.3 Å². The summed E-state index contributed by atoms with van der Waals surface area (Å²) >= 11 is 0. The summed E-state index contributed by atoms with van der Waals surface area (Å²) in [6, 6.07) is 5.07. The number of carbonyl (C=O) groups is 2. The number of phenols is 3. The van der Waals surface area contributed by atoms with Gasteiger partial charge in [-0.2, -0.15) is 0 Å². The van der Waals surface area contributed by atoms with Crippen LogP contribution in [0.4, 0.5) is 0 Å². The van der Waals surface area contributed by atoms with Gasteiger partial charge in [0, 0.05) is 6.07 Å². The Morgan fingerprint density at radius 1 is 0.864 bits per heavy atom. The number of carboxylic acids is 2. The molecule has 0 aliphatic heterocycles. The maximum atomic E-state index is 10.9. The number of carboxylic acid groups (broad SMARTS) is 2. The van der Waals surface area contributed by atoms with E-state index in [0.717, 1.165) is 24.3 Å². The average molecular weight is 306 g/mol. The van der Waals surface area contributed by atoms with Crippen molar-refractivity contribution in [3.63, 3.8) is 0 Å². The Balaban J connectivity index is 2.45. The summed E-state index contributed by atoms with van der Waals surface area (Å²) in [7, 11) is 0. The predicted octanol–water partition coefficient (Wildman–Crippen LogP) is 1.99. The highest BCUT2D eigenvalue weighted by atomic mass is 16.5. The number of rotatable bonds is 4. The smallest absolute Gasteiger partial charge is 0.339 e. The van der Waals surface area contributed by atoms with Gasteiger partial charge < -0.3 is 30.3 Å². The normalized spacial score (nSPS) is 10.2. The molecule has 0 aliphatic rings. The summed E-state index contributed by atoms with van der Waals surface area (Å²) in [5.74, 6) is -4.99. The molecule has 0 aromatic heterocycles. The van der Waals surface area contributed by atoms with Crippen LogP contribution in [0.2, 0.25) is 0 Å². The van der Waals surface area contributed by atoms with Crippen molar-refractivity contribution in [2.24, 2.45) is 0 Å². The number of aromatic hydroxyl groups is 3. The van der Waals surface area contributed by atoms with Gasteiger partial charge in [0.05, 0.1) is 0 Å². The topological polar surface area (TPSA) is 145 Å². The molecule has 8 nitrogen and oxygen atoms in total. The molecule has 0 saturated heterocycles. The Morgan fingerprint density at radius 2 is 1.50 bits per heavy atom. The lowest BCUT2D eigenvalue weighted by atomic mass is 10.1. The molecule has 8 heteroatoms. The fraction of sp³-hybridized carbons (Fsp3) is 0. The summed E-state index contributed by atoms with van der Waals surface area (Å²) in [4.78, 5) is 21.8. The minimum atomic E-state index is -1.48. The van der Waals surface area contributed by atoms with Crippen LogP contribution in [0.5, 0.6) is 28.7 Å². The summed E-state index contributed by atoms with van der Waals surface area (Å²) < 4.78 is 5.18. The Hall–Kier alpha value is -3.42. The van der Waals surface area contributed by atoms with Crippen molar-refractivity contribution >= 4 is 11.9 Å². The molecule has 2 aromatic rings. The monoisotopic (exact) mass is 306 g/mol. The number of benzene rings is 2. The summed E-state index contributed by atoms with van der Waals surface area (Å²) in [6.45, 7) is 0. The third-order valence-electron chi connectivity index (χ3n) is 2.72. The molecule has 2 aromatic carbocycles. The average Bonchev–Trinajstić information content (AvgIpc) is 2.43. The van der Waals surface area contributed by atoms with Gasteiger partial charge in [0.1, 0.15) is 28.4 Å².